The second-order valence-corrected chi connectivity index (χ2v) is 7.46. The van der Waals surface area contributed by atoms with Crippen molar-refractivity contribution < 1.29 is 23.0 Å². The molecule has 31 heavy (non-hydrogen) atoms. The topological polar surface area (TPSA) is 70.6 Å². The van der Waals surface area contributed by atoms with Gasteiger partial charge in [-0.25, -0.2) is 4.99 Å². The monoisotopic (exact) mass is 555 g/mol. The van der Waals surface area contributed by atoms with Gasteiger partial charge in [-0.1, -0.05) is 0 Å². The van der Waals surface area contributed by atoms with Crippen LogP contribution in [-0.2, 0) is 6.54 Å². The molecule has 0 saturated carbocycles. The van der Waals surface area contributed by atoms with Crippen molar-refractivity contribution in [3.05, 3.63) is 17.7 Å². The number of nitrogens with zero attached hydrogens (tertiary/aromatic N) is 3. The molecule has 3 rings (SSSR count). The molecule has 0 amide bonds. The number of aliphatic imine (C=N–C) groups is 1. The van der Waals surface area contributed by atoms with Gasteiger partial charge in [0, 0.05) is 56.9 Å². The third-order valence-electron chi connectivity index (χ3n) is 5.25. The first-order valence-electron chi connectivity index (χ1n) is 10.3. The predicted molar refractivity (Wildman–Crippen MR) is 126 cm³/mol. The zero-order valence-electron chi connectivity index (χ0n) is 18.2. The molecule has 0 bridgehead atoms. The van der Waals surface area contributed by atoms with E-state index in [1.807, 2.05) is 6.92 Å². The Labute approximate surface area is 199 Å². The van der Waals surface area contributed by atoms with Gasteiger partial charge in [0.1, 0.15) is 5.75 Å². The number of nitrogens with one attached hydrogen (secondary N) is 2. The molecule has 8 nitrogen and oxygen atoms in total. The second-order valence-electron chi connectivity index (χ2n) is 7.46. The number of piperazine rings is 1. The molecule has 0 spiro atoms. The average Bonchev–Trinajstić information content (AvgIpc) is 3.17. The van der Waals surface area contributed by atoms with E-state index >= 15 is 0 Å². The summed E-state index contributed by atoms with van der Waals surface area (Å²) in [5, 5.41) is 6.55. The van der Waals surface area contributed by atoms with Gasteiger partial charge in [0.2, 0.25) is 6.79 Å². The number of halogens is 3. The van der Waals surface area contributed by atoms with Crippen LogP contribution in [0.2, 0.25) is 0 Å². The van der Waals surface area contributed by atoms with E-state index in [0.29, 0.717) is 35.6 Å². The van der Waals surface area contributed by atoms with E-state index < -0.39 is 6.61 Å². The minimum absolute atomic E-state index is 0. The third kappa shape index (κ3) is 7.49. The van der Waals surface area contributed by atoms with Gasteiger partial charge in [-0.2, -0.15) is 8.78 Å². The van der Waals surface area contributed by atoms with Crippen molar-refractivity contribution in [2.45, 2.75) is 33.0 Å². The number of guanidine groups is 1. The summed E-state index contributed by atoms with van der Waals surface area (Å²) in [7, 11) is 2.14. The van der Waals surface area contributed by atoms with Crippen molar-refractivity contribution in [2.75, 3.05) is 53.1 Å². The van der Waals surface area contributed by atoms with Crippen LogP contribution in [0.1, 0.15) is 19.4 Å². The fraction of sp³-hybridized carbons (Fsp3) is 0.650. The van der Waals surface area contributed by atoms with E-state index in [1.54, 1.807) is 6.07 Å². The van der Waals surface area contributed by atoms with E-state index in [4.69, 9.17) is 9.47 Å². The van der Waals surface area contributed by atoms with E-state index in [-0.39, 0.29) is 43.1 Å². The summed E-state index contributed by atoms with van der Waals surface area (Å²) >= 11 is 0. The van der Waals surface area contributed by atoms with Crippen LogP contribution in [0.25, 0.3) is 0 Å². The average molecular weight is 555 g/mol. The summed E-state index contributed by atoms with van der Waals surface area (Å²) in [6.07, 6.45) is 0. The molecule has 0 aliphatic carbocycles. The van der Waals surface area contributed by atoms with Gasteiger partial charge in [-0.3, -0.25) is 4.90 Å². The summed E-state index contributed by atoms with van der Waals surface area (Å²) in [5.41, 5.74) is 0.504. The molecule has 2 aliphatic rings. The molecule has 1 aromatic carbocycles. The number of rotatable bonds is 8. The minimum atomic E-state index is -2.93. The predicted octanol–water partition coefficient (Wildman–Crippen LogP) is 2.33. The van der Waals surface area contributed by atoms with Crippen LogP contribution in [0, 0.1) is 0 Å². The molecule has 1 atom stereocenters. The van der Waals surface area contributed by atoms with Gasteiger partial charge in [0.25, 0.3) is 0 Å². The quantitative estimate of drug-likeness (QED) is 0.290. The molecule has 1 unspecified atom stereocenters. The van der Waals surface area contributed by atoms with E-state index in [1.165, 1.54) is 6.07 Å². The lowest BCUT2D eigenvalue weighted by molar-refractivity contribution is -0.0505. The van der Waals surface area contributed by atoms with Crippen LogP contribution >= 0.6 is 24.0 Å². The van der Waals surface area contributed by atoms with Crippen molar-refractivity contribution >= 4 is 29.9 Å². The maximum absolute atomic E-state index is 12.8. The van der Waals surface area contributed by atoms with Crippen LogP contribution in [0.3, 0.4) is 0 Å². The molecule has 1 aromatic rings. The largest absolute Gasteiger partial charge is 0.454 e. The molecule has 2 N–H and O–H groups in total. The van der Waals surface area contributed by atoms with Crippen molar-refractivity contribution in [3.63, 3.8) is 0 Å². The highest BCUT2D eigenvalue weighted by molar-refractivity contribution is 14.0. The number of likely N-dealkylation sites (N-methyl/N-ethyl adjacent to an activating group) is 1. The first-order valence-corrected chi connectivity index (χ1v) is 10.3. The van der Waals surface area contributed by atoms with Crippen molar-refractivity contribution in [1.29, 1.82) is 0 Å². The molecular formula is C20H32F2IN5O3. The first kappa shape index (κ1) is 25.7. The molecule has 1 saturated heterocycles. The van der Waals surface area contributed by atoms with Crippen molar-refractivity contribution in [2.24, 2.45) is 4.99 Å². The number of hydrogen-bond acceptors (Lipinski definition) is 6. The standard InChI is InChI=1S/C20H31F2N5O3.HI/c1-4-23-20(24-11-14(2)27-7-5-26(3)6-8-27)25-12-15-9-17-18(29-13-28-17)10-16(15)30-19(21)22;/h9-10,14,19H,4-8,11-13H2,1-3H3,(H2,23,24,25);1H. The summed E-state index contributed by atoms with van der Waals surface area (Å²) in [5.74, 6) is 1.56. The molecule has 0 radical (unpaired) electrons. The Kier molecular flexibility index (Phi) is 10.3. The number of fused-ring (bicyclic) bond motifs is 1. The summed E-state index contributed by atoms with van der Waals surface area (Å²) < 4.78 is 40.9. The maximum atomic E-state index is 12.8. The third-order valence-corrected chi connectivity index (χ3v) is 5.25. The highest BCUT2D eigenvalue weighted by Crippen LogP contribution is 2.39. The van der Waals surface area contributed by atoms with Crippen molar-refractivity contribution in [1.82, 2.24) is 20.4 Å². The Morgan fingerprint density at radius 3 is 2.48 bits per heavy atom. The molecular weight excluding hydrogens is 523 g/mol. The number of hydrogen-bond donors (Lipinski definition) is 2. The summed E-state index contributed by atoms with van der Waals surface area (Å²) in [6, 6.07) is 3.42. The van der Waals surface area contributed by atoms with Gasteiger partial charge in [-0.15, -0.1) is 24.0 Å². The molecule has 0 aromatic heterocycles. The Morgan fingerprint density at radius 2 is 1.84 bits per heavy atom. The highest BCUT2D eigenvalue weighted by atomic mass is 127. The fourth-order valence-electron chi connectivity index (χ4n) is 3.44. The molecule has 2 aliphatic heterocycles. The Hall–Kier alpha value is -1.60. The van der Waals surface area contributed by atoms with Crippen LogP contribution in [0.15, 0.2) is 17.1 Å². The molecule has 2 heterocycles. The fourth-order valence-corrected chi connectivity index (χ4v) is 3.44. The van der Waals surface area contributed by atoms with Crippen LogP contribution < -0.4 is 24.8 Å². The van der Waals surface area contributed by atoms with Gasteiger partial charge >= 0.3 is 6.61 Å². The highest BCUT2D eigenvalue weighted by Gasteiger charge is 2.21. The first-order chi connectivity index (χ1) is 14.5. The Bertz CT molecular complexity index is 733. The van der Waals surface area contributed by atoms with Crippen LogP contribution in [0.5, 0.6) is 17.2 Å². The zero-order chi connectivity index (χ0) is 21.5. The van der Waals surface area contributed by atoms with Gasteiger partial charge in [0.15, 0.2) is 17.5 Å². The Morgan fingerprint density at radius 1 is 1.16 bits per heavy atom. The zero-order valence-corrected chi connectivity index (χ0v) is 20.5. The summed E-state index contributed by atoms with van der Waals surface area (Å²) in [4.78, 5) is 9.33. The lowest BCUT2D eigenvalue weighted by Crippen LogP contribution is -2.52. The normalized spacial score (nSPS) is 17.9. The summed E-state index contributed by atoms with van der Waals surface area (Å²) in [6.45, 7) is 7.10. The van der Waals surface area contributed by atoms with Crippen molar-refractivity contribution in [3.8, 4) is 17.2 Å². The second kappa shape index (κ2) is 12.4. The van der Waals surface area contributed by atoms with E-state index in [9.17, 15) is 8.78 Å². The van der Waals surface area contributed by atoms with Gasteiger partial charge in [-0.05, 0) is 27.0 Å². The van der Waals surface area contributed by atoms with Gasteiger partial charge in [0.05, 0.1) is 6.54 Å². The number of benzene rings is 1. The lowest BCUT2D eigenvalue weighted by Gasteiger charge is -2.36. The minimum Gasteiger partial charge on any atom is -0.454 e. The number of ether oxygens (including phenoxy) is 3. The van der Waals surface area contributed by atoms with Gasteiger partial charge < -0.3 is 29.7 Å². The molecule has 11 heteroatoms. The molecule has 176 valence electrons. The van der Waals surface area contributed by atoms with Crippen LogP contribution in [0.4, 0.5) is 8.78 Å². The van der Waals surface area contributed by atoms with E-state index in [0.717, 1.165) is 32.7 Å². The van der Waals surface area contributed by atoms with Crippen LogP contribution in [-0.4, -0.2) is 81.5 Å². The molecule has 1 fully saturated rings. The maximum Gasteiger partial charge on any atom is 0.387 e. The Balaban J connectivity index is 0.00000341. The SMILES string of the molecule is CCNC(=NCc1cc2c(cc1OC(F)F)OCO2)NCC(C)N1CCN(C)CC1.I. The lowest BCUT2D eigenvalue weighted by atomic mass is 10.1. The smallest absolute Gasteiger partial charge is 0.387 e. The number of alkyl halides is 2. The van der Waals surface area contributed by atoms with E-state index in [2.05, 4.69) is 44.1 Å².